The minimum Gasteiger partial charge on any atom is -0.324 e. The molecule has 0 amide bonds. The highest BCUT2D eigenvalue weighted by Gasteiger charge is 2.09. The largest absolute Gasteiger partial charge is 0.324 e. The van der Waals surface area contributed by atoms with Gasteiger partial charge in [0.05, 0.1) is 16.5 Å². The van der Waals surface area contributed by atoms with Gasteiger partial charge in [-0.15, -0.1) is 0 Å². The first kappa shape index (κ1) is 14.2. The molecule has 3 aromatic rings. The molecule has 7 nitrogen and oxygen atoms in total. The predicted octanol–water partition coefficient (Wildman–Crippen LogP) is 2.02. The van der Waals surface area contributed by atoms with Crippen LogP contribution in [0, 0.1) is 0 Å². The van der Waals surface area contributed by atoms with Crippen molar-refractivity contribution in [1.29, 1.82) is 0 Å². The third kappa shape index (κ3) is 2.56. The molecular weight excluding hydrogens is 302 g/mol. The Morgan fingerprint density at radius 3 is 2.64 bits per heavy atom. The van der Waals surface area contributed by atoms with E-state index in [0.29, 0.717) is 17.3 Å². The lowest BCUT2D eigenvalue weighted by atomic mass is 10.3. The van der Waals surface area contributed by atoms with E-state index in [0.717, 1.165) is 10.8 Å². The highest BCUT2D eigenvalue weighted by molar-refractivity contribution is 7.94. The van der Waals surface area contributed by atoms with Crippen LogP contribution >= 0.6 is 0 Å². The molecule has 0 radical (unpaired) electrons. The van der Waals surface area contributed by atoms with Crippen LogP contribution in [0.25, 0.3) is 11.0 Å². The number of aromatic nitrogens is 4. The van der Waals surface area contributed by atoms with E-state index in [1.807, 2.05) is 0 Å². The molecule has 112 valence electrons. The average molecular weight is 315 g/mol. The van der Waals surface area contributed by atoms with Crippen LogP contribution in [0.4, 0.5) is 11.6 Å². The van der Waals surface area contributed by atoms with Crippen LogP contribution in [0.2, 0.25) is 0 Å². The standard InChI is InChI=1S/C14H13N5O2S/c1-3-22(20,21)12-6-4-11(5-7-12)17-14-15-8-10-9-16-19(2)13(10)18-14/h3-9H,1H2,2H3,(H,15,17,18). The number of anilines is 2. The number of nitrogens with zero attached hydrogens (tertiary/aromatic N) is 4. The van der Waals surface area contributed by atoms with Crippen LogP contribution in [-0.4, -0.2) is 28.2 Å². The van der Waals surface area contributed by atoms with Gasteiger partial charge in [0.2, 0.25) is 5.95 Å². The minimum absolute atomic E-state index is 0.191. The molecule has 0 spiro atoms. The summed E-state index contributed by atoms with van der Waals surface area (Å²) in [5, 5.41) is 8.90. The number of benzene rings is 1. The maximum Gasteiger partial charge on any atom is 0.229 e. The molecule has 0 bridgehead atoms. The topological polar surface area (TPSA) is 89.8 Å². The zero-order chi connectivity index (χ0) is 15.7. The van der Waals surface area contributed by atoms with E-state index >= 15 is 0 Å². The summed E-state index contributed by atoms with van der Waals surface area (Å²) in [6, 6.07) is 6.30. The normalized spacial score (nSPS) is 11.5. The molecule has 3 rings (SSSR count). The number of hydrogen-bond donors (Lipinski definition) is 1. The summed E-state index contributed by atoms with van der Waals surface area (Å²) in [6.45, 7) is 3.30. The fraction of sp³-hybridized carbons (Fsp3) is 0.0714. The summed E-state index contributed by atoms with van der Waals surface area (Å²) >= 11 is 0. The van der Waals surface area contributed by atoms with Crippen molar-refractivity contribution < 1.29 is 8.42 Å². The molecule has 8 heteroatoms. The van der Waals surface area contributed by atoms with Crippen LogP contribution in [0.1, 0.15) is 0 Å². The van der Waals surface area contributed by atoms with Crippen LogP contribution in [0.3, 0.4) is 0 Å². The summed E-state index contributed by atoms with van der Waals surface area (Å²) < 4.78 is 25.0. The fourth-order valence-corrected chi connectivity index (χ4v) is 2.66. The van der Waals surface area contributed by atoms with Crippen molar-refractivity contribution in [3.05, 3.63) is 48.6 Å². The zero-order valence-electron chi connectivity index (χ0n) is 11.8. The van der Waals surface area contributed by atoms with Gasteiger partial charge in [-0.3, -0.25) is 4.68 Å². The summed E-state index contributed by atoms with van der Waals surface area (Å²) in [5.74, 6) is 0.412. The Labute approximate surface area is 127 Å². The Balaban J connectivity index is 1.88. The van der Waals surface area contributed by atoms with Gasteiger partial charge in [0.15, 0.2) is 15.5 Å². The van der Waals surface area contributed by atoms with Crippen molar-refractivity contribution in [3.63, 3.8) is 0 Å². The number of sulfone groups is 1. The molecule has 0 unspecified atom stereocenters. The SMILES string of the molecule is C=CS(=O)(=O)c1ccc(Nc2ncc3cnn(C)c3n2)cc1. The molecular formula is C14H13N5O2S. The van der Waals surface area contributed by atoms with Gasteiger partial charge in [0, 0.05) is 24.3 Å². The maximum absolute atomic E-state index is 11.7. The molecule has 1 aromatic carbocycles. The van der Waals surface area contributed by atoms with Crippen molar-refractivity contribution in [2.45, 2.75) is 4.90 Å². The van der Waals surface area contributed by atoms with Crippen molar-refractivity contribution in [1.82, 2.24) is 19.7 Å². The molecule has 22 heavy (non-hydrogen) atoms. The molecule has 0 aliphatic rings. The van der Waals surface area contributed by atoms with Crippen molar-refractivity contribution >= 4 is 32.5 Å². The van der Waals surface area contributed by atoms with Crippen LogP contribution in [0.15, 0.2) is 53.5 Å². The predicted molar refractivity (Wildman–Crippen MR) is 83.4 cm³/mol. The molecule has 2 heterocycles. The van der Waals surface area contributed by atoms with Crippen LogP contribution in [0.5, 0.6) is 0 Å². The Hall–Kier alpha value is -2.74. The molecule has 2 aromatic heterocycles. The third-order valence-electron chi connectivity index (χ3n) is 3.13. The monoisotopic (exact) mass is 315 g/mol. The van der Waals surface area contributed by atoms with E-state index in [1.54, 1.807) is 36.3 Å². The van der Waals surface area contributed by atoms with E-state index in [9.17, 15) is 8.42 Å². The lowest BCUT2D eigenvalue weighted by Gasteiger charge is -2.06. The van der Waals surface area contributed by atoms with Gasteiger partial charge in [0.25, 0.3) is 0 Å². The van der Waals surface area contributed by atoms with Crippen LogP contribution in [-0.2, 0) is 16.9 Å². The number of rotatable bonds is 4. The smallest absolute Gasteiger partial charge is 0.229 e. The quantitative estimate of drug-likeness (QED) is 0.792. The molecule has 0 aliphatic carbocycles. The molecule has 0 fully saturated rings. The van der Waals surface area contributed by atoms with Gasteiger partial charge in [-0.1, -0.05) is 6.58 Å². The summed E-state index contributed by atoms with van der Waals surface area (Å²) in [5.41, 5.74) is 1.40. The highest BCUT2D eigenvalue weighted by Crippen LogP contribution is 2.19. The summed E-state index contributed by atoms with van der Waals surface area (Å²) in [6.07, 6.45) is 3.36. The lowest BCUT2D eigenvalue weighted by molar-refractivity contribution is 0.605. The molecule has 0 saturated heterocycles. The number of nitrogens with one attached hydrogen (secondary N) is 1. The highest BCUT2D eigenvalue weighted by atomic mass is 32.2. The molecule has 1 N–H and O–H groups in total. The second-order valence-electron chi connectivity index (χ2n) is 4.60. The number of hydrogen-bond acceptors (Lipinski definition) is 6. The van der Waals surface area contributed by atoms with Crippen LogP contribution < -0.4 is 5.32 Å². The first-order valence-electron chi connectivity index (χ1n) is 6.39. The van der Waals surface area contributed by atoms with E-state index in [4.69, 9.17) is 0 Å². The van der Waals surface area contributed by atoms with E-state index in [1.165, 1.54) is 12.1 Å². The van der Waals surface area contributed by atoms with Gasteiger partial charge >= 0.3 is 0 Å². The Morgan fingerprint density at radius 1 is 1.23 bits per heavy atom. The Bertz CT molecular complexity index is 945. The van der Waals surface area contributed by atoms with Gasteiger partial charge in [-0.25, -0.2) is 13.4 Å². The lowest BCUT2D eigenvalue weighted by Crippen LogP contribution is -2.00. The van der Waals surface area contributed by atoms with E-state index in [-0.39, 0.29) is 4.90 Å². The zero-order valence-corrected chi connectivity index (χ0v) is 12.6. The van der Waals surface area contributed by atoms with Crippen molar-refractivity contribution in [2.75, 3.05) is 5.32 Å². The first-order valence-corrected chi connectivity index (χ1v) is 7.93. The Morgan fingerprint density at radius 2 is 1.95 bits per heavy atom. The number of fused-ring (bicyclic) bond motifs is 1. The third-order valence-corrected chi connectivity index (χ3v) is 4.50. The first-order chi connectivity index (χ1) is 10.5. The molecule has 0 atom stereocenters. The minimum atomic E-state index is -3.42. The molecule has 0 aliphatic heterocycles. The second-order valence-corrected chi connectivity index (χ2v) is 6.50. The summed E-state index contributed by atoms with van der Waals surface area (Å²) in [4.78, 5) is 8.74. The average Bonchev–Trinajstić information content (AvgIpc) is 2.89. The second kappa shape index (κ2) is 5.23. The van der Waals surface area contributed by atoms with Gasteiger partial charge in [0.1, 0.15) is 0 Å². The fourth-order valence-electron chi connectivity index (χ4n) is 1.95. The molecule has 0 saturated carbocycles. The van der Waals surface area contributed by atoms with Crippen molar-refractivity contribution in [3.8, 4) is 0 Å². The number of aryl methyl sites for hydroxylation is 1. The van der Waals surface area contributed by atoms with Gasteiger partial charge in [-0.2, -0.15) is 10.1 Å². The van der Waals surface area contributed by atoms with E-state index < -0.39 is 9.84 Å². The Kier molecular flexibility index (Phi) is 3.38. The van der Waals surface area contributed by atoms with Gasteiger partial charge in [-0.05, 0) is 24.3 Å². The summed E-state index contributed by atoms with van der Waals surface area (Å²) in [7, 11) is -1.62. The maximum atomic E-state index is 11.7. The van der Waals surface area contributed by atoms with E-state index in [2.05, 4.69) is 27.0 Å². The van der Waals surface area contributed by atoms with Gasteiger partial charge < -0.3 is 5.32 Å². The van der Waals surface area contributed by atoms with Crippen molar-refractivity contribution in [2.24, 2.45) is 7.05 Å².